The second kappa shape index (κ2) is 4.82. The number of hydrogen-bond acceptors (Lipinski definition) is 5. The summed E-state index contributed by atoms with van der Waals surface area (Å²) in [5.41, 5.74) is 3.02. The highest BCUT2D eigenvalue weighted by Gasteiger charge is 2.48. The fourth-order valence-electron chi connectivity index (χ4n) is 2.94. The van der Waals surface area contributed by atoms with Gasteiger partial charge in [-0.3, -0.25) is 10.1 Å². The van der Waals surface area contributed by atoms with Gasteiger partial charge in [-0.2, -0.15) is 5.10 Å². The highest BCUT2D eigenvalue weighted by atomic mass is 16.2. The number of aromatic nitrogens is 2. The van der Waals surface area contributed by atoms with E-state index in [1.54, 1.807) is 11.7 Å². The van der Waals surface area contributed by atoms with Gasteiger partial charge in [0, 0.05) is 19.3 Å². The minimum Gasteiger partial charge on any atom is -0.325 e. The number of imide groups is 1. The van der Waals surface area contributed by atoms with Crippen LogP contribution in [0, 0.1) is 20.8 Å². The van der Waals surface area contributed by atoms with Crippen molar-refractivity contribution in [3.05, 3.63) is 17.0 Å². The Labute approximate surface area is 128 Å². The molecule has 1 fully saturated rings. The Hall–Kier alpha value is -2.38. The van der Waals surface area contributed by atoms with Gasteiger partial charge in [0.15, 0.2) is 12.2 Å². The van der Waals surface area contributed by atoms with Crippen LogP contribution in [-0.4, -0.2) is 63.3 Å². The summed E-state index contributed by atoms with van der Waals surface area (Å²) in [6, 6.07) is -0.927. The first-order valence-electron chi connectivity index (χ1n) is 7.32. The van der Waals surface area contributed by atoms with Crippen LogP contribution in [0.4, 0.5) is 4.79 Å². The van der Waals surface area contributed by atoms with Crippen LogP contribution in [0.2, 0.25) is 0 Å². The number of aryl methyl sites for hydroxylation is 1. The molecule has 1 N–H and O–H groups in total. The number of nitrogens with one attached hydrogen (secondary N) is 1. The number of rotatable bonds is 1. The second-order valence-electron chi connectivity index (χ2n) is 5.69. The molecule has 22 heavy (non-hydrogen) atoms. The van der Waals surface area contributed by atoms with Crippen LogP contribution in [0.3, 0.4) is 0 Å². The van der Waals surface area contributed by atoms with Crippen LogP contribution in [0.25, 0.3) is 0 Å². The maximum absolute atomic E-state index is 12.2. The van der Waals surface area contributed by atoms with Crippen molar-refractivity contribution in [1.29, 1.82) is 0 Å². The molecule has 8 nitrogen and oxygen atoms in total. The van der Waals surface area contributed by atoms with Gasteiger partial charge in [-0.1, -0.05) is 0 Å². The zero-order valence-electron chi connectivity index (χ0n) is 13.4. The van der Waals surface area contributed by atoms with E-state index < -0.39 is 18.2 Å². The summed E-state index contributed by atoms with van der Waals surface area (Å²) in [6.07, 6.45) is -0.514. The smallest absolute Gasteiger partial charge is 0.325 e. The van der Waals surface area contributed by atoms with Crippen LogP contribution in [-0.2, 0) is 4.79 Å². The van der Waals surface area contributed by atoms with Crippen molar-refractivity contribution in [2.75, 3.05) is 13.6 Å². The predicted molar refractivity (Wildman–Crippen MR) is 80.5 cm³/mol. The Kier molecular flexibility index (Phi) is 3.19. The Bertz CT molecular complexity index is 692. The molecule has 2 aliphatic heterocycles. The van der Waals surface area contributed by atoms with E-state index in [2.05, 4.69) is 15.4 Å². The van der Waals surface area contributed by atoms with Crippen molar-refractivity contribution in [3.8, 4) is 0 Å². The standard InChI is InChI=1S/C14H20N6O2/c1-6-19-10-11(18(5)14(22)16-12(10)21)15-13(19)20-9(4)7(2)8(3)17-20/h10-11H,6H2,1-5H3,(H,16,21,22). The van der Waals surface area contributed by atoms with E-state index in [0.717, 1.165) is 17.0 Å². The van der Waals surface area contributed by atoms with E-state index in [1.165, 1.54) is 4.90 Å². The first-order chi connectivity index (χ1) is 10.4. The molecule has 0 bridgehead atoms. The van der Waals surface area contributed by atoms with Crippen molar-refractivity contribution in [3.63, 3.8) is 0 Å². The first-order valence-corrected chi connectivity index (χ1v) is 7.32. The fourth-order valence-corrected chi connectivity index (χ4v) is 2.94. The summed E-state index contributed by atoms with van der Waals surface area (Å²) in [4.78, 5) is 32.0. The predicted octanol–water partition coefficient (Wildman–Crippen LogP) is 0.224. The van der Waals surface area contributed by atoms with Gasteiger partial charge in [0.05, 0.1) is 5.69 Å². The summed E-state index contributed by atoms with van der Waals surface area (Å²) in [5.74, 6) is 0.301. The number of urea groups is 1. The average Bonchev–Trinajstić information content (AvgIpc) is 2.98. The van der Waals surface area contributed by atoms with E-state index in [4.69, 9.17) is 0 Å². The normalized spacial score (nSPS) is 24.5. The molecule has 3 heterocycles. The lowest BCUT2D eigenvalue weighted by molar-refractivity contribution is -0.127. The third kappa shape index (κ3) is 1.83. The van der Waals surface area contributed by atoms with Crippen molar-refractivity contribution in [2.24, 2.45) is 4.99 Å². The molecule has 0 saturated carbocycles. The van der Waals surface area contributed by atoms with Crippen LogP contribution < -0.4 is 5.32 Å². The number of carbonyl (C=O) groups excluding carboxylic acids is 2. The molecular formula is C14H20N6O2. The van der Waals surface area contributed by atoms with Gasteiger partial charge in [-0.05, 0) is 33.3 Å². The van der Waals surface area contributed by atoms with Gasteiger partial charge in [0.25, 0.3) is 5.91 Å². The Morgan fingerprint density at radius 1 is 1.23 bits per heavy atom. The van der Waals surface area contributed by atoms with Crippen molar-refractivity contribution in [2.45, 2.75) is 39.9 Å². The average molecular weight is 304 g/mol. The molecule has 8 heteroatoms. The van der Waals surface area contributed by atoms with E-state index in [-0.39, 0.29) is 5.91 Å². The van der Waals surface area contributed by atoms with E-state index in [0.29, 0.717) is 12.5 Å². The van der Waals surface area contributed by atoms with Crippen molar-refractivity contribution >= 4 is 17.9 Å². The van der Waals surface area contributed by atoms with Crippen LogP contribution >= 0.6 is 0 Å². The first kappa shape index (κ1) is 14.6. The quantitative estimate of drug-likeness (QED) is 0.805. The molecule has 0 aromatic carbocycles. The molecule has 2 unspecified atom stereocenters. The summed E-state index contributed by atoms with van der Waals surface area (Å²) in [7, 11) is 1.65. The maximum atomic E-state index is 12.2. The summed E-state index contributed by atoms with van der Waals surface area (Å²) in [5, 5.41) is 6.90. The molecule has 0 spiro atoms. The molecule has 1 saturated heterocycles. The molecule has 0 radical (unpaired) electrons. The number of amides is 3. The highest BCUT2D eigenvalue weighted by molar-refractivity contribution is 6.04. The Morgan fingerprint density at radius 2 is 1.91 bits per heavy atom. The molecule has 0 aliphatic carbocycles. The highest BCUT2D eigenvalue weighted by Crippen LogP contribution is 2.25. The van der Waals surface area contributed by atoms with Crippen LogP contribution in [0.5, 0.6) is 0 Å². The number of likely N-dealkylation sites (N-methyl/N-ethyl adjacent to an activating group) is 2. The van der Waals surface area contributed by atoms with Gasteiger partial charge >= 0.3 is 6.03 Å². The number of nitrogens with zero attached hydrogens (tertiary/aromatic N) is 5. The van der Waals surface area contributed by atoms with Gasteiger partial charge < -0.3 is 9.80 Å². The molecule has 3 amide bonds. The largest absolute Gasteiger partial charge is 0.325 e. The SMILES string of the molecule is CCN1C(n2nc(C)c(C)c2C)=NC2C1C(=O)NC(=O)N2C. The topological polar surface area (TPSA) is 82.8 Å². The third-order valence-corrected chi connectivity index (χ3v) is 4.52. The maximum Gasteiger partial charge on any atom is 0.325 e. The Balaban J connectivity index is 2.09. The Morgan fingerprint density at radius 3 is 2.45 bits per heavy atom. The summed E-state index contributed by atoms with van der Waals surface area (Å²) < 4.78 is 1.76. The van der Waals surface area contributed by atoms with Gasteiger partial charge in [-0.25, -0.2) is 14.5 Å². The van der Waals surface area contributed by atoms with Crippen LogP contribution in [0.1, 0.15) is 23.9 Å². The molecule has 1 aromatic rings. The van der Waals surface area contributed by atoms with Gasteiger partial charge in [-0.15, -0.1) is 0 Å². The van der Waals surface area contributed by atoms with E-state index >= 15 is 0 Å². The number of aliphatic imine (C=N–C) groups is 1. The minimum atomic E-state index is -0.514. The monoisotopic (exact) mass is 304 g/mol. The number of fused-ring (bicyclic) bond motifs is 1. The third-order valence-electron chi connectivity index (χ3n) is 4.52. The molecule has 118 valence electrons. The molecule has 1 aromatic heterocycles. The summed E-state index contributed by atoms with van der Waals surface area (Å²) >= 11 is 0. The minimum absolute atomic E-state index is 0.313. The zero-order valence-corrected chi connectivity index (χ0v) is 13.4. The molecule has 2 atom stereocenters. The lowest BCUT2D eigenvalue weighted by Gasteiger charge is -2.35. The van der Waals surface area contributed by atoms with Gasteiger partial charge in [0.2, 0.25) is 5.96 Å². The number of carbonyl (C=O) groups is 2. The number of hydrogen-bond donors (Lipinski definition) is 1. The molecular weight excluding hydrogens is 284 g/mol. The van der Waals surface area contributed by atoms with Gasteiger partial charge in [0.1, 0.15) is 0 Å². The zero-order chi connectivity index (χ0) is 16.2. The van der Waals surface area contributed by atoms with Crippen molar-refractivity contribution < 1.29 is 9.59 Å². The second-order valence-corrected chi connectivity index (χ2v) is 5.69. The molecule has 2 aliphatic rings. The summed E-state index contributed by atoms with van der Waals surface area (Å²) in [6.45, 7) is 8.49. The lowest BCUT2D eigenvalue weighted by Crippen LogP contribution is -2.63. The van der Waals surface area contributed by atoms with Crippen molar-refractivity contribution in [1.82, 2.24) is 24.9 Å². The molecule has 3 rings (SSSR count). The fraction of sp³-hybridized carbons (Fsp3) is 0.571. The van der Waals surface area contributed by atoms with Crippen LogP contribution in [0.15, 0.2) is 4.99 Å². The van der Waals surface area contributed by atoms with E-state index in [1.807, 2.05) is 32.6 Å². The lowest BCUT2D eigenvalue weighted by atomic mass is 10.1. The van der Waals surface area contributed by atoms with E-state index in [9.17, 15) is 9.59 Å².